The first-order valence-corrected chi connectivity index (χ1v) is 4.83. The van der Waals surface area contributed by atoms with E-state index >= 15 is 0 Å². The van der Waals surface area contributed by atoms with E-state index in [9.17, 15) is 4.21 Å². The summed E-state index contributed by atoms with van der Waals surface area (Å²) in [6.07, 6.45) is -0.225. The molecule has 0 aliphatic rings. The Labute approximate surface area is 74.4 Å². The molecule has 5 nitrogen and oxygen atoms in total. The average Bonchev–Trinajstić information content (AvgIpc) is 2.03. The number of nitrogens with zero attached hydrogens (tertiary/aromatic N) is 1. The maximum absolute atomic E-state index is 10.6. The average molecular weight is 197 g/mol. The topological polar surface area (TPSA) is 81.0 Å². The summed E-state index contributed by atoms with van der Waals surface area (Å²) in [6.45, 7) is 1.93. The van der Waals surface area contributed by atoms with Crippen LogP contribution in [0.1, 0.15) is 13.3 Å². The normalized spacial score (nSPS) is 16.4. The highest BCUT2D eigenvalue weighted by molar-refractivity contribution is 7.76. The summed E-state index contributed by atoms with van der Waals surface area (Å²) in [7, 11) is 0. The lowest BCUT2D eigenvalue weighted by atomic mass is 10.3. The van der Waals surface area contributed by atoms with E-state index in [1.54, 1.807) is 0 Å². The molecule has 0 aliphatic heterocycles. The Balaban J connectivity index is 3.86. The Morgan fingerprint density at radius 3 is 2.50 bits per heavy atom. The quantitative estimate of drug-likeness (QED) is 0.486. The van der Waals surface area contributed by atoms with Crippen molar-refractivity contribution >= 4 is 11.3 Å². The van der Waals surface area contributed by atoms with Gasteiger partial charge in [-0.2, -0.15) is 4.31 Å². The fourth-order valence-corrected chi connectivity index (χ4v) is 1.41. The van der Waals surface area contributed by atoms with Gasteiger partial charge in [-0.1, -0.05) is 6.92 Å². The molecule has 6 heteroatoms. The van der Waals surface area contributed by atoms with Gasteiger partial charge >= 0.3 is 0 Å². The second-order valence-electron chi connectivity index (χ2n) is 2.46. The second-order valence-corrected chi connectivity index (χ2v) is 3.43. The molecule has 0 aliphatic carbocycles. The molecule has 0 spiro atoms. The van der Waals surface area contributed by atoms with E-state index in [-0.39, 0.29) is 6.54 Å². The zero-order valence-corrected chi connectivity index (χ0v) is 7.83. The minimum Gasteiger partial charge on any atom is -0.394 e. The van der Waals surface area contributed by atoms with Gasteiger partial charge in [0.05, 0.1) is 12.7 Å². The summed E-state index contributed by atoms with van der Waals surface area (Å²) >= 11 is -2.06. The molecule has 2 atom stereocenters. The molecule has 0 aromatic heterocycles. The highest BCUT2D eigenvalue weighted by Crippen LogP contribution is 1.97. The molecule has 0 aromatic carbocycles. The monoisotopic (exact) mass is 197 g/mol. The third-order valence-electron chi connectivity index (χ3n) is 1.32. The number of hydrogen-bond acceptors (Lipinski definition) is 3. The van der Waals surface area contributed by atoms with Crippen LogP contribution in [0.5, 0.6) is 0 Å². The van der Waals surface area contributed by atoms with Gasteiger partial charge in [-0.25, -0.2) is 4.21 Å². The van der Waals surface area contributed by atoms with Crippen LogP contribution in [0.2, 0.25) is 0 Å². The fourth-order valence-electron chi connectivity index (χ4n) is 0.775. The highest BCUT2D eigenvalue weighted by Gasteiger charge is 2.14. The van der Waals surface area contributed by atoms with Crippen LogP contribution in [-0.2, 0) is 11.3 Å². The standard InChI is InChI=1S/C6H15NO4S/c1-2-3-7(12(10)11)4-6(9)5-8/h6,8-9H,2-5H2,1H3,(H,10,11). The lowest BCUT2D eigenvalue weighted by molar-refractivity contribution is 0.0784. The van der Waals surface area contributed by atoms with Gasteiger partial charge in [-0.3, -0.25) is 4.55 Å². The van der Waals surface area contributed by atoms with Gasteiger partial charge in [0.25, 0.3) is 0 Å². The van der Waals surface area contributed by atoms with Crippen LogP contribution in [0.25, 0.3) is 0 Å². The molecule has 0 heterocycles. The summed E-state index contributed by atoms with van der Waals surface area (Å²) in [4.78, 5) is 0. The Bertz CT molecular complexity index is 144. The van der Waals surface area contributed by atoms with Crippen molar-refractivity contribution in [1.82, 2.24) is 4.31 Å². The van der Waals surface area contributed by atoms with Crippen molar-refractivity contribution in [3.63, 3.8) is 0 Å². The van der Waals surface area contributed by atoms with Gasteiger partial charge in [0.1, 0.15) is 0 Å². The molecule has 0 saturated carbocycles. The van der Waals surface area contributed by atoms with Crippen molar-refractivity contribution in [1.29, 1.82) is 0 Å². The van der Waals surface area contributed by atoms with Crippen LogP contribution in [0, 0.1) is 0 Å². The van der Waals surface area contributed by atoms with Gasteiger partial charge in [-0.05, 0) is 6.42 Å². The second kappa shape index (κ2) is 6.50. The third-order valence-corrected chi connectivity index (χ3v) is 2.09. The molecule has 3 N–H and O–H groups in total. The smallest absolute Gasteiger partial charge is 0.234 e. The minimum absolute atomic E-state index is 0.0213. The first-order valence-electron chi connectivity index (χ1n) is 3.76. The summed E-state index contributed by atoms with van der Waals surface area (Å²) < 4.78 is 20.5. The Morgan fingerprint density at radius 1 is 1.58 bits per heavy atom. The lowest BCUT2D eigenvalue weighted by Crippen LogP contribution is -2.35. The SMILES string of the molecule is CCCN(CC(O)CO)S(=O)O. The van der Waals surface area contributed by atoms with Crippen molar-refractivity contribution < 1.29 is 19.0 Å². The summed E-state index contributed by atoms with van der Waals surface area (Å²) in [5.74, 6) is 0. The molecule has 12 heavy (non-hydrogen) atoms. The zero-order valence-electron chi connectivity index (χ0n) is 7.01. The van der Waals surface area contributed by atoms with Gasteiger partial charge in [0.15, 0.2) is 0 Å². The molecule has 2 unspecified atom stereocenters. The molecule has 0 bridgehead atoms. The molecule has 0 amide bonds. The Kier molecular flexibility index (Phi) is 6.49. The van der Waals surface area contributed by atoms with E-state index in [1.807, 2.05) is 6.92 Å². The predicted octanol–water partition coefficient (Wildman–Crippen LogP) is -0.812. The number of hydrogen-bond donors (Lipinski definition) is 3. The largest absolute Gasteiger partial charge is 0.394 e. The van der Waals surface area contributed by atoms with Crippen LogP contribution in [0.15, 0.2) is 0 Å². The van der Waals surface area contributed by atoms with Gasteiger partial charge in [0.2, 0.25) is 11.3 Å². The maximum atomic E-state index is 10.6. The fraction of sp³-hybridized carbons (Fsp3) is 1.00. The zero-order chi connectivity index (χ0) is 9.56. The number of aliphatic hydroxyl groups excluding tert-OH is 2. The van der Waals surface area contributed by atoms with Gasteiger partial charge in [0, 0.05) is 13.1 Å². The molecular weight excluding hydrogens is 182 g/mol. The summed E-state index contributed by atoms with van der Waals surface area (Å²) in [5, 5.41) is 17.4. The van der Waals surface area contributed by atoms with Crippen LogP contribution in [0.4, 0.5) is 0 Å². The predicted molar refractivity (Wildman–Crippen MR) is 45.7 cm³/mol. The molecular formula is C6H15NO4S. The van der Waals surface area contributed by atoms with Gasteiger partial charge in [-0.15, -0.1) is 0 Å². The van der Waals surface area contributed by atoms with Gasteiger partial charge < -0.3 is 10.2 Å². The molecule has 0 fully saturated rings. The van der Waals surface area contributed by atoms with Crippen molar-refractivity contribution in [2.45, 2.75) is 19.4 Å². The molecule has 0 radical (unpaired) electrons. The Hall–Kier alpha value is -0.0100. The van der Waals surface area contributed by atoms with E-state index in [4.69, 9.17) is 14.8 Å². The van der Waals surface area contributed by atoms with Crippen molar-refractivity contribution in [3.05, 3.63) is 0 Å². The maximum Gasteiger partial charge on any atom is 0.234 e. The number of rotatable bonds is 6. The van der Waals surface area contributed by atoms with E-state index in [1.165, 1.54) is 4.31 Å². The van der Waals surface area contributed by atoms with Crippen LogP contribution >= 0.6 is 0 Å². The van der Waals surface area contributed by atoms with Crippen LogP contribution < -0.4 is 0 Å². The highest BCUT2D eigenvalue weighted by atomic mass is 32.2. The van der Waals surface area contributed by atoms with Crippen LogP contribution in [-0.4, -0.2) is 49.1 Å². The van der Waals surface area contributed by atoms with Crippen LogP contribution in [0.3, 0.4) is 0 Å². The molecule has 0 aromatic rings. The molecule has 74 valence electrons. The molecule has 0 saturated heterocycles. The minimum atomic E-state index is -2.06. The number of aliphatic hydroxyl groups is 2. The summed E-state index contributed by atoms with van der Waals surface area (Å²) in [6, 6.07) is 0. The van der Waals surface area contributed by atoms with Crippen molar-refractivity contribution in [3.8, 4) is 0 Å². The Morgan fingerprint density at radius 2 is 2.17 bits per heavy atom. The van der Waals surface area contributed by atoms with E-state index in [2.05, 4.69) is 0 Å². The van der Waals surface area contributed by atoms with E-state index in [0.717, 1.165) is 6.42 Å². The van der Waals surface area contributed by atoms with E-state index in [0.29, 0.717) is 6.54 Å². The van der Waals surface area contributed by atoms with E-state index < -0.39 is 24.0 Å². The summed E-state index contributed by atoms with van der Waals surface area (Å²) in [5.41, 5.74) is 0. The van der Waals surface area contributed by atoms with Crippen molar-refractivity contribution in [2.75, 3.05) is 19.7 Å². The molecule has 0 rings (SSSR count). The first-order chi connectivity index (χ1) is 5.61. The first kappa shape index (κ1) is 12.0. The van der Waals surface area contributed by atoms with Crippen molar-refractivity contribution in [2.24, 2.45) is 0 Å². The third kappa shape index (κ3) is 4.78. The lowest BCUT2D eigenvalue weighted by Gasteiger charge is -2.18.